The molecule has 7 nitrogen and oxygen atoms in total. The molecule has 0 aromatic heterocycles. The van der Waals surface area contributed by atoms with Crippen molar-refractivity contribution in [3.8, 4) is 0 Å². The van der Waals surface area contributed by atoms with E-state index in [0.717, 1.165) is 0 Å². The molecule has 9 heteroatoms. The maximum absolute atomic E-state index is 12.5. The number of ether oxygens (including phenoxy) is 2. The summed E-state index contributed by atoms with van der Waals surface area (Å²) in [4.78, 5) is 24.0. The van der Waals surface area contributed by atoms with Crippen molar-refractivity contribution in [2.75, 3.05) is 11.3 Å². The number of carbonyl (C=O) groups is 2. The lowest BCUT2D eigenvalue weighted by atomic mass is 10.2. The van der Waals surface area contributed by atoms with Crippen LogP contribution in [0.3, 0.4) is 0 Å². The summed E-state index contributed by atoms with van der Waals surface area (Å²) in [7, 11) is -3.95. The highest BCUT2D eigenvalue weighted by Gasteiger charge is 2.21. The molecule has 0 amide bonds. The van der Waals surface area contributed by atoms with Gasteiger partial charge in [-0.25, -0.2) is 18.0 Å². The van der Waals surface area contributed by atoms with Crippen molar-refractivity contribution < 1.29 is 27.5 Å². The van der Waals surface area contributed by atoms with Gasteiger partial charge in [-0.3, -0.25) is 4.72 Å². The topological polar surface area (TPSA) is 98.8 Å². The molecule has 0 fully saturated rings. The first-order valence-corrected chi connectivity index (χ1v) is 10.1. The summed E-state index contributed by atoms with van der Waals surface area (Å²) in [6.45, 7) is 4.48. The van der Waals surface area contributed by atoms with Gasteiger partial charge in [-0.2, -0.15) is 0 Å². The fourth-order valence-corrected chi connectivity index (χ4v) is 3.35. The largest absolute Gasteiger partial charge is 0.457 e. The van der Waals surface area contributed by atoms with Crippen molar-refractivity contribution >= 4 is 39.3 Å². The highest BCUT2D eigenvalue weighted by Crippen LogP contribution is 2.22. The van der Waals surface area contributed by atoms with E-state index < -0.39 is 34.2 Å². The summed E-state index contributed by atoms with van der Waals surface area (Å²) in [5.74, 6) is -1.57. The molecule has 2 aromatic rings. The van der Waals surface area contributed by atoms with E-state index in [2.05, 4.69) is 4.72 Å². The van der Waals surface area contributed by atoms with Crippen molar-refractivity contribution in [2.24, 2.45) is 0 Å². The lowest BCUT2D eigenvalue weighted by Gasteiger charge is -2.19. The molecule has 0 radical (unpaired) electrons. The average molecular weight is 426 g/mol. The molecule has 1 N–H and O–H groups in total. The molecular weight excluding hydrogens is 406 g/mol. The molecule has 2 aromatic carbocycles. The Labute approximate surface area is 168 Å². The summed E-state index contributed by atoms with van der Waals surface area (Å²) < 4.78 is 37.4. The zero-order valence-electron chi connectivity index (χ0n) is 15.6. The van der Waals surface area contributed by atoms with E-state index in [1.54, 1.807) is 32.9 Å². The summed E-state index contributed by atoms with van der Waals surface area (Å²) in [6, 6.07) is 11.5. The number of anilines is 1. The van der Waals surface area contributed by atoms with Crippen LogP contribution in [0.2, 0.25) is 5.02 Å². The standard InChI is InChI=1S/C19H20ClNO6S/c1-19(2,3)27-17(22)12-26-18(23)15-6-4-5-7-16(15)21-28(24,25)14-10-8-13(20)9-11-14/h4-11,21H,12H2,1-3H3. The fourth-order valence-electron chi connectivity index (χ4n) is 2.14. The Morgan fingerprint density at radius 1 is 1.04 bits per heavy atom. The van der Waals surface area contributed by atoms with Gasteiger partial charge < -0.3 is 9.47 Å². The smallest absolute Gasteiger partial charge is 0.344 e. The third-order valence-electron chi connectivity index (χ3n) is 3.26. The number of benzene rings is 2. The van der Waals surface area contributed by atoms with Crippen LogP contribution in [0, 0.1) is 0 Å². The minimum Gasteiger partial charge on any atom is -0.457 e. The zero-order chi connectivity index (χ0) is 20.9. The van der Waals surface area contributed by atoms with E-state index >= 15 is 0 Å². The van der Waals surface area contributed by atoms with Gasteiger partial charge in [-0.1, -0.05) is 23.7 Å². The third kappa shape index (κ3) is 6.24. The minimum absolute atomic E-state index is 0.0196. The summed E-state index contributed by atoms with van der Waals surface area (Å²) in [5.41, 5.74) is -0.731. The zero-order valence-corrected chi connectivity index (χ0v) is 17.1. The van der Waals surface area contributed by atoms with E-state index in [9.17, 15) is 18.0 Å². The van der Waals surface area contributed by atoms with E-state index in [-0.39, 0.29) is 16.1 Å². The Bertz CT molecular complexity index is 965. The minimum atomic E-state index is -3.95. The van der Waals surface area contributed by atoms with Gasteiger partial charge in [0.05, 0.1) is 16.1 Å². The molecule has 0 unspecified atom stereocenters. The molecule has 0 saturated heterocycles. The quantitative estimate of drug-likeness (QED) is 0.709. The Kier molecular flexibility index (Phi) is 6.69. The van der Waals surface area contributed by atoms with E-state index in [4.69, 9.17) is 21.1 Å². The van der Waals surface area contributed by atoms with Crippen LogP contribution in [0.1, 0.15) is 31.1 Å². The van der Waals surface area contributed by atoms with Crippen LogP contribution in [0.15, 0.2) is 53.4 Å². The number of halogens is 1. The lowest BCUT2D eigenvalue weighted by Crippen LogP contribution is -2.27. The molecule has 0 atom stereocenters. The van der Waals surface area contributed by atoms with Crippen molar-refractivity contribution in [3.63, 3.8) is 0 Å². The Morgan fingerprint density at radius 3 is 2.25 bits per heavy atom. The van der Waals surface area contributed by atoms with Gasteiger partial charge in [0.25, 0.3) is 10.0 Å². The summed E-state index contributed by atoms with van der Waals surface area (Å²) in [6.07, 6.45) is 0. The second kappa shape index (κ2) is 8.62. The number of rotatable bonds is 6. The molecule has 0 spiro atoms. The molecule has 150 valence electrons. The van der Waals surface area contributed by atoms with Crippen molar-refractivity contribution in [2.45, 2.75) is 31.3 Å². The molecule has 28 heavy (non-hydrogen) atoms. The Morgan fingerprint density at radius 2 is 1.64 bits per heavy atom. The number of sulfonamides is 1. The van der Waals surface area contributed by atoms with Gasteiger partial charge in [-0.05, 0) is 57.2 Å². The molecule has 2 rings (SSSR count). The summed E-state index contributed by atoms with van der Waals surface area (Å²) in [5, 5.41) is 0.394. The van der Waals surface area contributed by atoms with Crippen LogP contribution < -0.4 is 4.72 Å². The SMILES string of the molecule is CC(C)(C)OC(=O)COC(=O)c1ccccc1NS(=O)(=O)c1ccc(Cl)cc1. The van der Waals surface area contributed by atoms with E-state index in [0.29, 0.717) is 5.02 Å². The van der Waals surface area contributed by atoms with Gasteiger partial charge in [0.15, 0.2) is 6.61 Å². The van der Waals surface area contributed by atoms with Crippen molar-refractivity contribution in [1.29, 1.82) is 0 Å². The van der Waals surface area contributed by atoms with Crippen LogP contribution in [0.4, 0.5) is 5.69 Å². The maximum Gasteiger partial charge on any atom is 0.344 e. The molecule has 0 heterocycles. The number of hydrogen-bond acceptors (Lipinski definition) is 6. The molecule has 0 aliphatic rings. The first-order valence-electron chi connectivity index (χ1n) is 8.24. The fraction of sp³-hybridized carbons (Fsp3) is 0.263. The van der Waals surface area contributed by atoms with Crippen LogP contribution in [0.25, 0.3) is 0 Å². The molecule has 0 aliphatic carbocycles. The Balaban J connectivity index is 2.15. The predicted molar refractivity (Wildman–Crippen MR) is 105 cm³/mol. The average Bonchev–Trinajstić information content (AvgIpc) is 2.59. The number of esters is 2. The van der Waals surface area contributed by atoms with Crippen LogP contribution >= 0.6 is 11.6 Å². The van der Waals surface area contributed by atoms with E-state index in [1.807, 2.05) is 0 Å². The van der Waals surface area contributed by atoms with Crippen LogP contribution in [-0.2, 0) is 24.3 Å². The van der Waals surface area contributed by atoms with Gasteiger partial charge in [-0.15, -0.1) is 0 Å². The number of carbonyl (C=O) groups excluding carboxylic acids is 2. The van der Waals surface area contributed by atoms with Crippen LogP contribution in [0.5, 0.6) is 0 Å². The van der Waals surface area contributed by atoms with Gasteiger partial charge in [0.1, 0.15) is 5.60 Å². The first-order chi connectivity index (χ1) is 13.0. The molecule has 0 aliphatic heterocycles. The second-order valence-corrected chi connectivity index (χ2v) is 8.89. The van der Waals surface area contributed by atoms with Crippen molar-refractivity contribution in [1.82, 2.24) is 0 Å². The highest BCUT2D eigenvalue weighted by atomic mass is 35.5. The molecule has 0 bridgehead atoms. The predicted octanol–water partition coefficient (Wildman–Crippen LogP) is 3.64. The monoisotopic (exact) mass is 425 g/mol. The maximum atomic E-state index is 12.5. The molecular formula is C19H20ClNO6S. The Hall–Kier alpha value is -2.58. The van der Waals surface area contributed by atoms with Gasteiger partial charge in [0.2, 0.25) is 0 Å². The number of nitrogens with one attached hydrogen (secondary N) is 1. The van der Waals surface area contributed by atoms with Gasteiger partial charge >= 0.3 is 11.9 Å². The third-order valence-corrected chi connectivity index (χ3v) is 4.89. The summed E-state index contributed by atoms with van der Waals surface area (Å²) >= 11 is 5.77. The van der Waals surface area contributed by atoms with E-state index in [1.165, 1.54) is 36.4 Å². The number of hydrogen-bond donors (Lipinski definition) is 1. The number of para-hydroxylation sites is 1. The van der Waals surface area contributed by atoms with Crippen molar-refractivity contribution in [3.05, 3.63) is 59.1 Å². The second-order valence-electron chi connectivity index (χ2n) is 6.77. The normalized spacial score (nSPS) is 11.6. The first kappa shape index (κ1) is 21.7. The lowest BCUT2D eigenvalue weighted by molar-refractivity contribution is -0.158. The van der Waals surface area contributed by atoms with Gasteiger partial charge in [0, 0.05) is 5.02 Å². The highest BCUT2D eigenvalue weighted by molar-refractivity contribution is 7.92. The van der Waals surface area contributed by atoms with Crippen LogP contribution in [-0.4, -0.2) is 32.6 Å². The molecule has 0 saturated carbocycles.